The maximum atomic E-state index is 13.2. The number of nitrogens with one attached hydrogen (secondary N) is 2. The Kier molecular flexibility index (Phi) is 3.98. The molecule has 8 heteroatoms. The molecule has 0 spiro atoms. The summed E-state index contributed by atoms with van der Waals surface area (Å²) in [4.78, 5) is 15.9. The highest BCUT2D eigenvalue weighted by Gasteiger charge is 2.24. The Bertz CT molecular complexity index is 676. The summed E-state index contributed by atoms with van der Waals surface area (Å²) < 4.78 is 18.7. The van der Waals surface area contributed by atoms with E-state index in [0.717, 1.165) is 0 Å². The van der Waals surface area contributed by atoms with E-state index in [2.05, 4.69) is 36.7 Å². The van der Waals surface area contributed by atoms with Crippen LogP contribution in [0.4, 0.5) is 4.39 Å². The summed E-state index contributed by atoms with van der Waals surface area (Å²) >= 11 is 3.11. The molecular weight excluding hydrogens is 343 g/mol. The van der Waals surface area contributed by atoms with E-state index in [1.165, 1.54) is 6.07 Å². The summed E-state index contributed by atoms with van der Waals surface area (Å²) in [7, 11) is 0. The maximum Gasteiger partial charge on any atom is 0.237 e. The van der Waals surface area contributed by atoms with Gasteiger partial charge in [0, 0.05) is 18.7 Å². The molecule has 0 saturated carbocycles. The monoisotopic (exact) mass is 354 g/mol. The standard InChI is InChI=1S/C13H12BrFN4O2/c14-8-5-7(1-2-9(8)15)12-18-11(21-19-12)6-10-13(20)17-4-3-16-10/h1-2,5,10,16H,3-4,6H2,(H,17,20). The summed E-state index contributed by atoms with van der Waals surface area (Å²) in [6.07, 6.45) is 0.321. The number of carbonyl (C=O) groups is 1. The molecule has 1 amide bonds. The van der Waals surface area contributed by atoms with Crippen LogP contribution in [0.15, 0.2) is 27.2 Å². The molecule has 2 heterocycles. The Labute approximate surface area is 128 Å². The van der Waals surface area contributed by atoms with Crippen molar-refractivity contribution in [3.05, 3.63) is 34.4 Å². The molecule has 1 aromatic carbocycles. The highest BCUT2D eigenvalue weighted by atomic mass is 79.9. The van der Waals surface area contributed by atoms with E-state index >= 15 is 0 Å². The molecule has 1 aliphatic heterocycles. The Morgan fingerprint density at radius 2 is 2.29 bits per heavy atom. The number of carbonyl (C=O) groups excluding carboxylic acids is 1. The van der Waals surface area contributed by atoms with E-state index in [9.17, 15) is 9.18 Å². The van der Waals surface area contributed by atoms with Crippen molar-refractivity contribution in [2.45, 2.75) is 12.5 Å². The molecule has 21 heavy (non-hydrogen) atoms. The highest BCUT2D eigenvalue weighted by molar-refractivity contribution is 9.10. The van der Waals surface area contributed by atoms with Crippen molar-refractivity contribution in [2.75, 3.05) is 13.1 Å². The second kappa shape index (κ2) is 5.90. The van der Waals surface area contributed by atoms with Crippen LogP contribution in [0.5, 0.6) is 0 Å². The van der Waals surface area contributed by atoms with Crippen LogP contribution in [0.1, 0.15) is 5.89 Å². The quantitative estimate of drug-likeness (QED) is 0.867. The fraction of sp³-hybridized carbons (Fsp3) is 0.308. The summed E-state index contributed by atoms with van der Waals surface area (Å²) in [5, 5.41) is 9.71. The van der Waals surface area contributed by atoms with Gasteiger partial charge in [0.1, 0.15) is 5.82 Å². The van der Waals surface area contributed by atoms with Gasteiger partial charge in [-0.05, 0) is 34.1 Å². The summed E-state index contributed by atoms with van der Waals surface area (Å²) in [6.45, 7) is 1.33. The molecule has 1 aliphatic rings. The number of hydrogen-bond acceptors (Lipinski definition) is 5. The summed E-state index contributed by atoms with van der Waals surface area (Å²) in [5.41, 5.74) is 0.638. The van der Waals surface area contributed by atoms with E-state index in [-0.39, 0.29) is 17.8 Å². The third kappa shape index (κ3) is 3.11. The van der Waals surface area contributed by atoms with Crippen molar-refractivity contribution in [1.82, 2.24) is 20.8 Å². The fourth-order valence-electron chi connectivity index (χ4n) is 2.08. The van der Waals surface area contributed by atoms with Gasteiger partial charge in [-0.2, -0.15) is 4.98 Å². The lowest BCUT2D eigenvalue weighted by atomic mass is 10.1. The molecule has 3 rings (SSSR count). The van der Waals surface area contributed by atoms with Crippen LogP contribution in [-0.2, 0) is 11.2 Å². The van der Waals surface area contributed by atoms with Gasteiger partial charge >= 0.3 is 0 Å². The van der Waals surface area contributed by atoms with Crippen molar-refractivity contribution in [3.63, 3.8) is 0 Å². The van der Waals surface area contributed by atoms with Gasteiger partial charge in [-0.15, -0.1) is 0 Å². The molecule has 0 aliphatic carbocycles. The van der Waals surface area contributed by atoms with Crippen LogP contribution < -0.4 is 10.6 Å². The van der Waals surface area contributed by atoms with E-state index in [1.54, 1.807) is 12.1 Å². The molecule has 0 radical (unpaired) electrons. The van der Waals surface area contributed by atoms with Crippen LogP contribution in [0.2, 0.25) is 0 Å². The normalized spacial score (nSPS) is 18.6. The lowest BCUT2D eigenvalue weighted by Gasteiger charge is -2.21. The van der Waals surface area contributed by atoms with Crippen LogP contribution in [0.25, 0.3) is 11.4 Å². The van der Waals surface area contributed by atoms with Crippen molar-refractivity contribution < 1.29 is 13.7 Å². The first-order chi connectivity index (χ1) is 10.1. The zero-order valence-corrected chi connectivity index (χ0v) is 12.5. The minimum Gasteiger partial charge on any atom is -0.353 e. The lowest BCUT2D eigenvalue weighted by Crippen LogP contribution is -2.53. The fourth-order valence-corrected chi connectivity index (χ4v) is 2.46. The van der Waals surface area contributed by atoms with Gasteiger partial charge in [0.05, 0.1) is 16.9 Å². The van der Waals surface area contributed by atoms with E-state index in [0.29, 0.717) is 41.3 Å². The predicted molar refractivity (Wildman–Crippen MR) is 75.9 cm³/mol. The molecule has 2 N–H and O–H groups in total. The molecule has 2 aromatic rings. The van der Waals surface area contributed by atoms with E-state index < -0.39 is 0 Å². The maximum absolute atomic E-state index is 13.2. The van der Waals surface area contributed by atoms with Crippen molar-refractivity contribution in [2.24, 2.45) is 0 Å². The first-order valence-corrected chi connectivity index (χ1v) is 7.22. The van der Waals surface area contributed by atoms with Gasteiger partial charge in [-0.1, -0.05) is 5.16 Å². The Balaban J connectivity index is 1.76. The number of amides is 1. The summed E-state index contributed by atoms with van der Waals surface area (Å²) in [5.74, 6) is 0.290. The van der Waals surface area contributed by atoms with E-state index in [1.807, 2.05) is 0 Å². The van der Waals surface area contributed by atoms with Crippen LogP contribution in [0, 0.1) is 5.82 Å². The first-order valence-electron chi connectivity index (χ1n) is 6.42. The molecule has 1 aromatic heterocycles. The molecule has 110 valence electrons. The molecule has 1 saturated heterocycles. The van der Waals surface area contributed by atoms with E-state index in [4.69, 9.17) is 4.52 Å². The summed E-state index contributed by atoms with van der Waals surface area (Å²) in [6, 6.07) is 4.11. The molecule has 0 bridgehead atoms. The zero-order chi connectivity index (χ0) is 14.8. The average molecular weight is 355 g/mol. The number of halogens is 2. The Hall–Kier alpha value is -1.80. The molecular formula is C13H12BrFN4O2. The Morgan fingerprint density at radius 3 is 3.05 bits per heavy atom. The number of piperazine rings is 1. The first kappa shape index (κ1) is 14.2. The average Bonchev–Trinajstić information content (AvgIpc) is 2.93. The molecule has 1 atom stereocenters. The second-order valence-electron chi connectivity index (χ2n) is 4.64. The van der Waals surface area contributed by atoms with Gasteiger partial charge in [0.15, 0.2) is 0 Å². The molecule has 1 fully saturated rings. The number of rotatable bonds is 3. The predicted octanol–water partition coefficient (Wildman–Crippen LogP) is 1.27. The minimum atomic E-state index is -0.369. The highest BCUT2D eigenvalue weighted by Crippen LogP contribution is 2.23. The van der Waals surface area contributed by atoms with Gasteiger partial charge in [-0.25, -0.2) is 4.39 Å². The minimum absolute atomic E-state index is 0.0782. The second-order valence-corrected chi connectivity index (χ2v) is 5.50. The van der Waals surface area contributed by atoms with Crippen LogP contribution >= 0.6 is 15.9 Å². The van der Waals surface area contributed by atoms with Crippen LogP contribution in [0.3, 0.4) is 0 Å². The third-order valence-electron chi connectivity index (χ3n) is 3.16. The topological polar surface area (TPSA) is 80.0 Å². The third-order valence-corrected chi connectivity index (χ3v) is 3.76. The van der Waals surface area contributed by atoms with Crippen molar-refractivity contribution in [1.29, 1.82) is 0 Å². The Morgan fingerprint density at radius 1 is 1.43 bits per heavy atom. The van der Waals surface area contributed by atoms with Gasteiger partial charge in [0.25, 0.3) is 0 Å². The zero-order valence-electron chi connectivity index (χ0n) is 10.9. The van der Waals surface area contributed by atoms with Crippen molar-refractivity contribution in [3.8, 4) is 11.4 Å². The van der Waals surface area contributed by atoms with Gasteiger partial charge in [-0.3, -0.25) is 4.79 Å². The molecule has 1 unspecified atom stereocenters. The number of hydrogen-bond donors (Lipinski definition) is 2. The SMILES string of the molecule is O=C1NCCNC1Cc1nc(-c2ccc(F)c(Br)c2)no1. The molecule has 6 nitrogen and oxygen atoms in total. The van der Waals surface area contributed by atoms with Gasteiger partial charge in [0.2, 0.25) is 17.6 Å². The largest absolute Gasteiger partial charge is 0.353 e. The van der Waals surface area contributed by atoms with Gasteiger partial charge < -0.3 is 15.2 Å². The number of nitrogens with zero attached hydrogens (tertiary/aromatic N) is 2. The van der Waals surface area contributed by atoms with Crippen LogP contribution in [-0.4, -0.2) is 35.2 Å². The smallest absolute Gasteiger partial charge is 0.237 e. The lowest BCUT2D eigenvalue weighted by molar-refractivity contribution is -0.124. The number of benzene rings is 1. The number of aromatic nitrogens is 2. The van der Waals surface area contributed by atoms with Crippen molar-refractivity contribution >= 4 is 21.8 Å².